The van der Waals surface area contributed by atoms with Crippen LogP contribution in [0.15, 0.2) is 41.2 Å². The molecule has 0 aliphatic carbocycles. The molecule has 1 unspecified atom stereocenters. The summed E-state index contributed by atoms with van der Waals surface area (Å²) in [5, 5.41) is 7.21. The number of allylic oxidation sites excluding steroid dienone is 3. The largest absolute Gasteiger partial charge is 0.385 e. The molecule has 0 spiro atoms. The van der Waals surface area contributed by atoms with Crippen molar-refractivity contribution in [1.29, 1.82) is 5.41 Å². The molecule has 0 saturated heterocycles. The van der Waals surface area contributed by atoms with Crippen molar-refractivity contribution in [2.24, 2.45) is 4.99 Å². The van der Waals surface area contributed by atoms with Crippen LogP contribution in [-0.2, 0) is 14.8 Å². The number of hydrogen-bond donors (Lipinski definition) is 2. The molecule has 0 rings (SSSR count). The maximum atomic E-state index is 11.1. The lowest BCUT2D eigenvalue weighted by atomic mass is 10.1. The maximum Gasteiger partial charge on any atom is 0.229 e. The molecule has 0 heterocycles. The third-order valence-electron chi connectivity index (χ3n) is 3.27. The molecule has 24 heavy (non-hydrogen) atoms. The number of rotatable bonds is 11. The molecule has 1 atom stereocenters. The summed E-state index contributed by atoms with van der Waals surface area (Å²) in [5.74, 6) is 0. The summed E-state index contributed by atoms with van der Waals surface area (Å²) < 4.78 is 29.5. The number of methoxy groups -OCH3 is 1. The van der Waals surface area contributed by atoms with Gasteiger partial charge < -0.3 is 9.64 Å². The Hall–Kier alpha value is -1.93. The first-order chi connectivity index (χ1) is 11.1. The van der Waals surface area contributed by atoms with E-state index in [9.17, 15) is 8.42 Å². The summed E-state index contributed by atoms with van der Waals surface area (Å²) in [5.41, 5.74) is 1.84. The summed E-state index contributed by atoms with van der Waals surface area (Å²) in [4.78, 5) is 6.07. The third-order valence-corrected chi connectivity index (χ3v) is 3.83. The Morgan fingerprint density at radius 1 is 1.50 bits per heavy atom. The van der Waals surface area contributed by atoms with Gasteiger partial charge in [0, 0.05) is 39.2 Å². The molecule has 0 saturated carbocycles. The standard InChI is InChI=1S/C16H28N4O3S/c1-13(7-9-19-24(6,21)22)16(18-12-17)14(2)11-20(4)15(3)8-10-23-5/h7,9,11-12,15,17,19H,1,8,10H2,2-6H3/b9-7-,14-11+,17-12?,18-16-. The quantitative estimate of drug-likeness (QED) is 0.336. The van der Waals surface area contributed by atoms with Crippen LogP contribution in [0.1, 0.15) is 20.3 Å². The van der Waals surface area contributed by atoms with Crippen LogP contribution in [0.25, 0.3) is 0 Å². The normalized spacial score (nSPS) is 14.5. The van der Waals surface area contributed by atoms with E-state index >= 15 is 0 Å². The minimum absolute atomic E-state index is 0.275. The van der Waals surface area contributed by atoms with Crippen molar-refractivity contribution in [3.05, 3.63) is 36.2 Å². The lowest BCUT2D eigenvalue weighted by Gasteiger charge is -2.24. The van der Waals surface area contributed by atoms with Crippen LogP contribution >= 0.6 is 0 Å². The van der Waals surface area contributed by atoms with Crippen molar-refractivity contribution in [2.75, 3.05) is 27.0 Å². The highest BCUT2D eigenvalue weighted by molar-refractivity contribution is 7.88. The number of nitrogens with zero attached hydrogens (tertiary/aromatic N) is 2. The van der Waals surface area contributed by atoms with E-state index in [0.717, 1.165) is 24.6 Å². The average Bonchev–Trinajstić information content (AvgIpc) is 2.48. The molecule has 0 radical (unpaired) electrons. The van der Waals surface area contributed by atoms with Crippen molar-refractivity contribution in [2.45, 2.75) is 26.3 Å². The smallest absolute Gasteiger partial charge is 0.229 e. The first-order valence-corrected chi connectivity index (χ1v) is 9.31. The molecule has 8 heteroatoms. The number of aliphatic imine (C=N–C) groups is 1. The van der Waals surface area contributed by atoms with Gasteiger partial charge in [0.15, 0.2) is 0 Å². The molecule has 0 aromatic rings. The fourth-order valence-corrected chi connectivity index (χ4v) is 2.14. The van der Waals surface area contributed by atoms with Crippen LogP contribution in [0.5, 0.6) is 0 Å². The zero-order valence-corrected chi connectivity index (χ0v) is 15.9. The van der Waals surface area contributed by atoms with Gasteiger partial charge in [0.05, 0.1) is 12.0 Å². The van der Waals surface area contributed by atoms with Crippen LogP contribution in [0.4, 0.5) is 0 Å². The Kier molecular flexibility index (Phi) is 9.91. The molecule has 2 N–H and O–H groups in total. The monoisotopic (exact) mass is 356 g/mol. The molecular weight excluding hydrogens is 328 g/mol. The molecule has 0 aliphatic heterocycles. The Morgan fingerprint density at radius 3 is 2.62 bits per heavy atom. The van der Waals surface area contributed by atoms with Crippen LogP contribution in [0.3, 0.4) is 0 Å². The van der Waals surface area contributed by atoms with Gasteiger partial charge in [0.2, 0.25) is 10.0 Å². The van der Waals surface area contributed by atoms with Crippen molar-refractivity contribution in [3.8, 4) is 0 Å². The highest BCUT2D eigenvalue weighted by Gasteiger charge is 2.09. The first-order valence-electron chi connectivity index (χ1n) is 7.42. The fourth-order valence-electron chi connectivity index (χ4n) is 1.83. The van der Waals surface area contributed by atoms with E-state index in [1.54, 1.807) is 7.11 Å². The van der Waals surface area contributed by atoms with Crippen molar-refractivity contribution >= 4 is 22.1 Å². The Labute approximate surface area is 145 Å². The van der Waals surface area contributed by atoms with Gasteiger partial charge in [-0.2, -0.15) is 0 Å². The Balaban J connectivity index is 5.16. The first kappa shape index (κ1) is 22.1. The Bertz CT molecular complexity index is 621. The molecular formula is C16H28N4O3S. The summed E-state index contributed by atoms with van der Waals surface area (Å²) in [6.45, 7) is 8.50. The average molecular weight is 356 g/mol. The summed E-state index contributed by atoms with van der Waals surface area (Å²) in [6, 6.07) is 0.275. The molecule has 0 amide bonds. The van der Waals surface area contributed by atoms with Gasteiger partial charge >= 0.3 is 0 Å². The van der Waals surface area contributed by atoms with Gasteiger partial charge in [0.1, 0.15) is 6.34 Å². The maximum absolute atomic E-state index is 11.1. The van der Waals surface area contributed by atoms with Crippen LogP contribution in [0, 0.1) is 5.41 Å². The number of nitrogens with one attached hydrogen (secondary N) is 2. The van der Waals surface area contributed by atoms with Gasteiger partial charge in [-0.1, -0.05) is 6.58 Å². The molecule has 0 bridgehead atoms. The second-order valence-electron chi connectivity index (χ2n) is 5.46. The van der Waals surface area contributed by atoms with Crippen molar-refractivity contribution < 1.29 is 13.2 Å². The van der Waals surface area contributed by atoms with Crippen LogP contribution < -0.4 is 4.72 Å². The summed E-state index contributed by atoms with van der Waals surface area (Å²) in [6.07, 6.45) is 7.60. The second kappa shape index (κ2) is 10.8. The minimum Gasteiger partial charge on any atom is -0.385 e. The van der Waals surface area contributed by atoms with Gasteiger partial charge in [-0.05, 0) is 37.5 Å². The lowest BCUT2D eigenvalue weighted by molar-refractivity contribution is 0.168. The molecule has 0 aliphatic rings. The van der Waals surface area contributed by atoms with E-state index in [1.807, 2.05) is 25.1 Å². The van der Waals surface area contributed by atoms with Crippen LogP contribution in [-0.4, -0.2) is 58.4 Å². The second-order valence-corrected chi connectivity index (χ2v) is 7.24. The van der Waals surface area contributed by atoms with Gasteiger partial charge in [-0.25, -0.2) is 13.4 Å². The molecule has 7 nitrogen and oxygen atoms in total. The topological polar surface area (TPSA) is 94.8 Å². The highest BCUT2D eigenvalue weighted by atomic mass is 32.2. The summed E-state index contributed by atoms with van der Waals surface area (Å²) >= 11 is 0. The van der Waals surface area contributed by atoms with Gasteiger partial charge in [-0.3, -0.25) is 10.1 Å². The van der Waals surface area contributed by atoms with E-state index in [0.29, 0.717) is 17.9 Å². The predicted molar refractivity (Wildman–Crippen MR) is 100.0 cm³/mol. The van der Waals surface area contributed by atoms with E-state index < -0.39 is 10.0 Å². The Morgan fingerprint density at radius 2 is 2.12 bits per heavy atom. The lowest BCUT2D eigenvalue weighted by Crippen LogP contribution is -2.26. The molecule has 0 aromatic carbocycles. The van der Waals surface area contributed by atoms with E-state index in [2.05, 4.69) is 23.2 Å². The zero-order chi connectivity index (χ0) is 18.8. The number of sulfonamides is 1. The molecule has 136 valence electrons. The van der Waals surface area contributed by atoms with Crippen molar-refractivity contribution in [3.63, 3.8) is 0 Å². The minimum atomic E-state index is -3.31. The van der Waals surface area contributed by atoms with E-state index in [1.165, 1.54) is 12.3 Å². The number of ether oxygens (including phenoxy) is 1. The number of hydrogen-bond acceptors (Lipinski definition) is 5. The van der Waals surface area contributed by atoms with Crippen molar-refractivity contribution in [1.82, 2.24) is 9.62 Å². The fraction of sp³-hybridized carbons (Fsp3) is 0.500. The van der Waals surface area contributed by atoms with Gasteiger partial charge in [-0.15, -0.1) is 0 Å². The predicted octanol–water partition coefficient (Wildman–Crippen LogP) is 1.91. The molecule has 0 aromatic heterocycles. The van der Waals surface area contributed by atoms with Gasteiger partial charge in [0.25, 0.3) is 0 Å². The zero-order valence-electron chi connectivity index (χ0n) is 15.0. The van der Waals surface area contributed by atoms with E-state index in [4.69, 9.17) is 10.1 Å². The summed E-state index contributed by atoms with van der Waals surface area (Å²) in [7, 11) is 0.310. The van der Waals surface area contributed by atoms with Crippen LogP contribution in [0.2, 0.25) is 0 Å². The SMILES string of the molecule is C=C(/C=C\NS(C)(=O)=O)C(=N/C=N)/C(C)=C/N(C)C(C)CCOC. The third kappa shape index (κ3) is 9.26. The molecule has 0 fully saturated rings. The highest BCUT2D eigenvalue weighted by Crippen LogP contribution is 2.11. The van der Waals surface area contributed by atoms with E-state index in [-0.39, 0.29) is 6.04 Å².